The van der Waals surface area contributed by atoms with Crippen molar-refractivity contribution in [2.45, 2.75) is 30.3 Å². The van der Waals surface area contributed by atoms with Gasteiger partial charge >= 0.3 is 0 Å². The van der Waals surface area contributed by atoms with Crippen LogP contribution in [0.3, 0.4) is 0 Å². The molecule has 3 aromatic rings. The van der Waals surface area contributed by atoms with Gasteiger partial charge in [0.05, 0.1) is 12.1 Å². The molecule has 0 bridgehead atoms. The molecule has 1 fully saturated rings. The Labute approximate surface area is 182 Å². The average molecular weight is 458 g/mol. The number of nitrogens with zero attached hydrogens (tertiary/aromatic N) is 4. The van der Waals surface area contributed by atoms with E-state index in [4.69, 9.17) is 0 Å². The molecule has 31 heavy (non-hydrogen) atoms. The first-order chi connectivity index (χ1) is 14.8. The van der Waals surface area contributed by atoms with E-state index in [0.717, 1.165) is 6.42 Å². The van der Waals surface area contributed by atoms with Gasteiger partial charge in [-0.15, -0.1) is 15.7 Å². The summed E-state index contributed by atoms with van der Waals surface area (Å²) in [6.45, 7) is 0.689. The molecule has 5 rings (SSSR count). The minimum absolute atomic E-state index is 0.144. The molecule has 1 saturated heterocycles. The predicted molar refractivity (Wildman–Crippen MR) is 117 cm³/mol. The van der Waals surface area contributed by atoms with Gasteiger partial charge in [-0.2, -0.15) is 8.42 Å². The molecule has 2 aromatic heterocycles. The van der Waals surface area contributed by atoms with E-state index in [1.165, 1.54) is 22.3 Å². The molecule has 0 spiro atoms. The summed E-state index contributed by atoms with van der Waals surface area (Å²) in [6, 6.07) is 7.91. The van der Waals surface area contributed by atoms with E-state index in [9.17, 15) is 18.0 Å². The van der Waals surface area contributed by atoms with Crippen LogP contribution in [0.25, 0.3) is 10.2 Å². The fourth-order valence-corrected chi connectivity index (χ4v) is 6.07. The highest BCUT2D eigenvalue weighted by Crippen LogP contribution is 2.31. The Morgan fingerprint density at radius 3 is 2.97 bits per heavy atom. The van der Waals surface area contributed by atoms with Gasteiger partial charge in [0.2, 0.25) is 5.91 Å². The molecule has 2 aliphatic heterocycles. The van der Waals surface area contributed by atoms with Crippen LogP contribution in [0.4, 0.5) is 0 Å². The third kappa shape index (κ3) is 3.33. The summed E-state index contributed by atoms with van der Waals surface area (Å²) >= 11 is 1.32. The van der Waals surface area contributed by atoms with Gasteiger partial charge in [-0.3, -0.25) is 9.59 Å². The number of benzene rings is 1. The average Bonchev–Trinajstić information content (AvgIpc) is 3.45. The summed E-state index contributed by atoms with van der Waals surface area (Å²) in [5, 5.41) is 1.80. The number of sulfonamides is 1. The number of likely N-dealkylation sites (N-methyl/N-ethyl adjacent to an activating group) is 1. The number of H-pyrrole nitrogens is 1. The van der Waals surface area contributed by atoms with E-state index in [2.05, 4.69) is 14.4 Å². The van der Waals surface area contributed by atoms with Crippen LogP contribution in [0.2, 0.25) is 0 Å². The molecule has 2 aliphatic rings. The van der Waals surface area contributed by atoms with Gasteiger partial charge in [-0.05, 0) is 36.4 Å². The van der Waals surface area contributed by atoms with Crippen molar-refractivity contribution in [3.05, 3.63) is 57.5 Å². The summed E-state index contributed by atoms with van der Waals surface area (Å²) in [5.74, 6) is 0.559. The molecular formula is C20H19N5O4S2. The molecular weight excluding hydrogens is 438 g/mol. The van der Waals surface area contributed by atoms with Crippen LogP contribution in [-0.4, -0.2) is 59.6 Å². The fourth-order valence-electron chi connectivity index (χ4n) is 4.13. The van der Waals surface area contributed by atoms with Crippen LogP contribution in [0.5, 0.6) is 0 Å². The van der Waals surface area contributed by atoms with Crippen LogP contribution in [0, 0.1) is 0 Å². The van der Waals surface area contributed by atoms with Crippen LogP contribution < -0.4 is 5.56 Å². The largest absolute Gasteiger partial charge is 0.343 e. The monoisotopic (exact) mass is 457 g/mol. The lowest BCUT2D eigenvalue weighted by Crippen LogP contribution is -2.46. The van der Waals surface area contributed by atoms with Crippen molar-refractivity contribution in [2.24, 2.45) is 4.40 Å². The molecule has 0 radical (unpaired) electrons. The first kappa shape index (κ1) is 19.9. The second-order valence-electron chi connectivity index (χ2n) is 7.58. The summed E-state index contributed by atoms with van der Waals surface area (Å²) in [7, 11) is -2.11. The van der Waals surface area contributed by atoms with Crippen molar-refractivity contribution in [3.63, 3.8) is 0 Å². The number of aromatic nitrogens is 2. The number of amides is 1. The molecule has 160 valence electrons. The van der Waals surface area contributed by atoms with Crippen LogP contribution in [-0.2, 0) is 21.4 Å². The number of thiophene rings is 1. The summed E-state index contributed by atoms with van der Waals surface area (Å²) in [5.41, 5.74) is 0.911. The third-order valence-corrected chi connectivity index (χ3v) is 7.78. The quantitative estimate of drug-likeness (QED) is 0.638. The molecule has 1 aromatic carbocycles. The van der Waals surface area contributed by atoms with E-state index in [1.54, 1.807) is 41.6 Å². The van der Waals surface area contributed by atoms with Gasteiger partial charge < -0.3 is 14.8 Å². The van der Waals surface area contributed by atoms with E-state index in [1.807, 2.05) is 0 Å². The summed E-state index contributed by atoms with van der Waals surface area (Å²) in [6.07, 6.45) is 1.35. The van der Waals surface area contributed by atoms with Crippen molar-refractivity contribution >= 4 is 43.3 Å². The lowest BCUT2D eigenvalue weighted by molar-refractivity contribution is -0.134. The number of hydrogen-bond donors (Lipinski definition) is 1. The SMILES string of the molecule is CN(Cc1nc2ccsc2c(=O)[nH]1)C(=O)[C@@H]1CCCN1C1=NS(=O)(=O)c2ccccc21. The van der Waals surface area contributed by atoms with E-state index < -0.39 is 16.1 Å². The molecule has 11 heteroatoms. The molecule has 0 saturated carbocycles. The van der Waals surface area contributed by atoms with Crippen molar-refractivity contribution < 1.29 is 13.2 Å². The number of hydrogen-bond acceptors (Lipinski definition) is 7. The molecule has 1 atom stereocenters. The van der Waals surface area contributed by atoms with Crippen LogP contribution in [0.15, 0.2) is 49.8 Å². The Balaban J connectivity index is 1.40. The van der Waals surface area contributed by atoms with Crippen molar-refractivity contribution in [2.75, 3.05) is 13.6 Å². The fraction of sp³-hybridized carbons (Fsp3) is 0.300. The number of nitrogens with one attached hydrogen (secondary N) is 1. The predicted octanol–water partition coefficient (Wildman–Crippen LogP) is 1.56. The number of likely N-dealkylation sites (tertiary alicyclic amines) is 1. The highest BCUT2D eigenvalue weighted by Gasteiger charge is 2.40. The summed E-state index contributed by atoms with van der Waals surface area (Å²) < 4.78 is 29.4. The number of fused-ring (bicyclic) bond motifs is 2. The second-order valence-corrected chi connectivity index (χ2v) is 10.1. The number of aromatic amines is 1. The number of rotatable bonds is 3. The minimum Gasteiger partial charge on any atom is -0.343 e. The zero-order valence-corrected chi connectivity index (χ0v) is 18.2. The number of carbonyl (C=O) groups is 1. The molecule has 0 aliphatic carbocycles. The number of carbonyl (C=O) groups excluding carboxylic acids is 1. The summed E-state index contributed by atoms with van der Waals surface area (Å²) in [4.78, 5) is 36.1. The molecule has 1 amide bonds. The van der Waals surface area contributed by atoms with Gasteiger partial charge in [-0.25, -0.2) is 4.98 Å². The molecule has 0 unspecified atom stereocenters. The highest BCUT2D eigenvalue weighted by atomic mass is 32.2. The molecule has 4 heterocycles. The highest BCUT2D eigenvalue weighted by molar-refractivity contribution is 7.90. The Kier molecular flexibility index (Phi) is 4.67. The maximum absolute atomic E-state index is 13.3. The minimum atomic E-state index is -3.76. The normalized spacial score (nSPS) is 19.5. The van der Waals surface area contributed by atoms with Crippen molar-refractivity contribution in [3.8, 4) is 0 Å². The second kappa shape index (κ2) is 7.27. The van der Waals surface area contributed by atoms with Crippen LogP contribution >= 0.6 is 11.3 Å². The topological polar surface area (TPSA) is 116 Å². The Morgan fingerprint density at radius 1 is 1.32 bits per heavy atom. The Hall–Kier alpha value is -3.05. The van der Waals surface area contributed by atoms with Crippen LogP contribution in [0.1, 0.15) is 24.2 Å². The van der Waals surface area contributed by atoms with Gasteiger partial charge in [0.15, 0.2) is 5.84 Å². The van der Waals surface area contributed by atoms with Gasteiger partial charge in [0.1, 0.15) is 21.5 Å². The van der Waals surface area contributed by atoms with E-state index in [-0.39, 0.29) is 22.9 Å². The Morgan fingerprint density at radius 2 is 2.13 bits per heavy atom. The lowest BCUT2D eigenvalue weighted by atomic mass is 10.1. The van der Waals surface area contributed by atoms with E-state index in [0.29, 0.717) is 40.4 Å². The molecule has 1 N–H and O–H groups in total. The van der Waals surface area contributed by atoms with E-state index >= 15 is 0 Å². The standard InChI is InChI=1S/C20H19N5O4S2/c1-24(11-16-21-13-8-10-30-17(13)19(26)22-16)20(27)14-6-4-9-25(14)18-12-5-2-3-7-15(12)31(28,29)23-18/h2-3,5,7-8,10,14H,4,6,9,11H2,1H3,(H,21,22,26)/t14-/m0/s1. The zero-order valence-electron chi connectivity index (χ0n) is 16.6. The zero-order chi connectivity index (χ0) is 21.8. The smallest absolute Gasteiger partial charge is 0.285 e. The van der Waals surface area contributed by atoms with Gasteiger partial charge in [-0.1, -0.05) is 12.1 Å². The van der Waals surface area contributed by atoms with Crippen molar-refractivity contribution in [1.82, 2.24) is 19.8 Å². The van der Waals surface area contributed by atoms with Gasteiger partial charge in [0.25, 0.3) is 15.6 Å². The first-order valence-electron chi connectivity index (χ1n) is 9.77. The third-order valence-electron chi connectivity index (χ3n) is 5.55. The van der Waals surface area contributed by atoms with Crippen molar-refractivity contribution in [1.29, 1.82) is 0 Å². The first-order valence-corrected chi connectivity index (χ1v) is 12.1. The maximum Gasteiger partial charge on any atom is 0.285 e. The van der Waals surface area contributed by atoms with Gasteiger partial charge in [0, 0.05) is 19.2 Å². The maximum atomic E-state index is 13.3. The Bertz CT molecular complexity index is 1390. The lowest BCUT2D eigenvalue weighted by Gasteiger charge is -2.29. The number of amidine groups is 1. The molecule has 9 nitrogen and oxygen atoms in total.